The molecule has 2 atom stereocenters. The third-order valence-corrected chi connectivity index (χ3v) is 3.06. The van der Waals surface area contributed by atoms with Crippen LogP contribution < -0.4 is 5.73 Å². The molecular weight excluding hydrogens is 146 g/mol. The Morgan fingerprint density at radius 2 is 2.08 bits per heavy atom. The van der Waals surface area contributed by atoms with Gasteiger partial charge in [0, 0.05) is 0 Å². The second-order valence-electron chi connectivity index (χ2n) is 4.28. The summed E-state index contributed by atoms with van der Waals surface area (Å²) < 4.78 is 0. The highest BCUT2D eigenvalue weighted by atomic mass is 14.6. The van der Waals surface area contributed by atoms with E-state index < -0.39 is 0 Å². The summed E-state index contributed by atoms with van der Waals surface area (Å²) in [6, 6.07) is 0. The van der Waals surface area contributed by atoms with E-state index in [4.69, 9.17) is 5.73 Å². The van der Waals surface area contributed by atoms with Crippen LogP contribution in [-0.2, 0) is 0 Å². The average molecular weight is 169 g/mol. The third-order valence-electron chi connectivity index (χ3n) is 3.06. The molecule has 0 amide bonds. The summed E-state index contributed by atoms with van der Waals surface area (Å²) >= 11 is 0. The molecule has 0 heterocycles. The molecule has 1 heteroatoms. The minimum atomic E-state index is 0.348. The quantitative estimate of drug-likeness (QED) is 0.629. The van der Waals surface area contributed by atoms with Crippen LogP contribution >= 0.6 is 0 Å². The van der Waals surface area contributed by atoms with Crippen molar-refractivity contribution in [3.8, 4) is 0 Å². The molecule has 2 N–H and O–H groups in total. The van der Waals surface area contributed by atoms with E-state index in [1.807, 2.05) is 0 Å². The van der Waals surface area contributed by atoms with Crippen molar-refractivity contribution in [3.05, 3.63) is 12.2 Å². The first-order valence-electron chi connectivity index (χ1n) is 4.80. The molecule has 0 fully saturated rings. The SMILES string of the molecule is C=C(C)CC(C)(CC)C(C)CN. The van der Waals surface area contributed by atoms with Crippen molar-refractivity contribution in [2.75, 3.05) is 6.54 Å². The molecule has 0 rings (SSSR count). The molecule has 0 aromatic rings. The van der Waals surface area contributed by atoms with E-state index in [0.717, 1.165) is 13.0 Å². The minimum absolute atomic E-state index is 0.348. The fourth-order valence-corrected chi connectivity index (χ4v) is 1.62. The van der Waals surface area contributed by atoms with Gasteiger partial charge >= 0.3 is 0 Å². The maximum absolute atomic E-state index is 5.68. The van der Waals surface area contributed by atoms with Gasteiger partial charge in [-0.15, -0.1) is 6.58 Å². The van der Waals surface area contributed by atoms with Crippen LogP contribution in [0.25, 0.3) is 0 Å². The predicted molar refractivity (Wildman–Crippen MR) is 56.0 cm³/mol. The molecule has 0 spiro atoms. The van der Waals surface area contributed by atoms with Gasteiger partial charge in [0.05, 0.1) is 0 Å². The highest BCUT2D eigenvalue weighted by Gasteiger charge is 2.27. The molecule has 2 unspecified atom stereocenters. The lowest BCUT2D eigenvalue weighted by Gasteiger charge is -2.34. The van der Waals surface area contributed by atoms with Crippen molar-refractivity contribution in [2.45, 2.75) is 40.5 Å². The van der Waals surface area contributed by atoms with E-state index in [0.29, 0.717) is 11.3 Å². The van der Waals surface area contributed by atoms with Gasteiger partial charge in [-0.3, -0.25) is 0 Å². The minimum Gasteiger partial charge on any atom is -0.330 e. The molecule has 0 bridgehead atoms. The first-order chi connectivity index (χ1) is 5.46. The Morgan fingerprint density at radius 1 is 1.58 bits per heavy atom. The zero-order valence-electron chi connectivity index (χ0n) is 8.98. The second-order valence-corrected chi connectivity index (χ2v) is 4.28. The van der Waals surface area contributed by atoms with Crippen molar-refractivity contribution >= 4 is 0 Å². The van der Waals surface area contributed by atoms with Crippen LogP contribution in [0.15, 0.2) is 12.2 Å². The maximum Gasteiger partial charge on any atom is -0.00462 e. The fraction of sp³-hybridized carbons (Fsp3) is 0.818. The van der Waals surface area contributed by atoms with E-state index in [1.165, 1.54) is 12.0 Å². The number of nitrogens with two attached hydrogens (primary N) is 1. The largest absolute Gasteiger partial charge is 0.330 e. The molecule has 0 saturated carbocycles. The van der Waals surface area contributed by atoms with E-state index in [-0.39, 0.29) is 0 Å². The zero-order valence-corrected chi connectivity index (χ0v) is 8.98. The van der Waals surface area contributed by atoms with Gasteiger partial charge in [0.2, 0.25) is 0 Å². The van der Waals surface area contributed by atoms with E-state index in [9.17, 15) is 0 Å². The maximum atomic E-state index is 5.68. The van der Waals surface area contributed by atoms with Gasteiger partial charge in [-0.25, -0.2) is 0 Å². The Morgan fingerprint density at radius 3 is 2.33 bits per heavy atom. The van der Waals surface area contributed by atoms with Gasteiger partial charge in [-0.1, -0.05) is 32.8 Å². The van der Waals surface area contributed by atoms with Crippen molar-refractivity contribution in [3.63, 3.8) is 0 Å². The highest BCUT2D eigenvalue weighted by Crippen LogP contribution is 2.36. The Balaban J connectivity index is 4.32. The molecule has 0 radical (unpaired) electrons. The van der Waals surface area contributed by atoms with E-state index in [2.05, 4.69) is 34.3 Å². The Labute approximate surface area is 77.0 Å². The van der Waals surface area contributed by atoms with E-state index in [1.54, 1.807) is 0 Å². The van der Waals surface area contributed by atoms with Crippen LogP contribution in [0.2, 0.25) is 0 Å². The summed E-state index contributed by atoms with van der Waals surface area (Å²) in [6.07, 6.45) is 2.28. The molecule has 72 valence electrons. The molecule has 0 aliphatic heterocycles. The van der Waals surface area contributed by atoms with Crippen molar-refractivity contribution < 1.29 is 0 Å². The molecule has 0 aromatic heterocycles. The van der Waals surface area contributed by atoms with Crippen LogP contribution in [0.4, 0.5) is 0 Å². The zero-order chi connectivity index (χ0) is 9.78. The third kappa shape index (κ3) is 2.98. The van der Waals surface area contributed by atoms with Gasteiger partial charge in [-0.2, -0.15) is 0 Å². The normalized spacial score (nSPS) is 18.4. The molecule has 1 nitrogen and oxygen atoms in total. The predicted octanol–water partition coefficient (Wildman–Crippen LogP) is 2.96. The van der Waals surface area contributed by atoms with Crippen LogP contribution in [0, 0.1) is 11.3 Å². The summed E-state index contributed by atoms with van der Waals surface area (Å²) in [5.41, 5.74) is 7.29. The smallest absolute Gasteiger partial charge is 0.00462 e. The summed E-state index contributed by atoms with van der Waals surface area (Å²) in [4.78, 5) is 0. The lowest BCUT2D eigenvalue weighted by atomic mass is 9.72. The molecular formula is C11H23N. The summed E-state index contributed by atoms with van der Waals surface area (Å²) in [6.45, 7) is 13.6. The number of hydrogen-bond donors (Lipinski definition) is 1. The number of allylic oxidation sites excluding steroid dienone is 1. The lowest BCUT2D eigenvalue weighted by molar-refractivity contribution is 0.196. The summed E-state index contributed by atoms with van der Waals surface area (Å²) in [5, 5.41) is 0. The molecule has 0 aliphatic rings. The van der Waals surface area contributed by atoms with Crippen molar-refractivity contribution in [1.82, 2.24) is 0 Å². The van der Waals surface area contributed by atoms with Crippen LogP contribution in [0.5, 0.6) is 0 Å². The van der Waals surface area contributed by atoms with Gasteiger partial charge in [0.25, 0.3) is 0 Å². The van der Waals surface area contributed by atoms with Crippen molar-refractivity contribution in [1.29, 1.82) is 0 Å². The molecule has 0 aliphatic carbocycles. The van der Waals surface area contributed by atoms with Crippen LogP contribution in [0.3, 0.4) is 0 Å². The summed E-state index contributed by atoms with van der Waals surface area (Å²) in [7, 11) is 0. The first-order valence-corrected chi connectivity index (χ1v) is 4.80. The van der Waals surface area contributed by atoms with Crippen LogP contribution in [0.1, 0.15) is 40.5 Å². The lowest BCUT2D eigenvalue weighted by Crippen LogP contribution is -2.30. The Hall–Kier alpha value is -0.300. The van der Waals surface area contributed by atoms with Gasteiger partial charge in [0.15, 0.2) is 0 Å². The fourth-order valence-electron chi connectivity index (χ4n) is 1.62. The molecule has 0 aromatic carbocycles. The van der Waals surface area contributed by atoms with Gasteiger partial charge < -0.3 is 5.73 Å². The second kappa shape index (κ2) is 4.66. The average Bonchev–Trinajstić information content (AvgIpc) is 2.01. The Bertz CT molecular complexity index is 151. The topological polar surface area (TPSA) is 26.0 Å². The monoisotopic (exact) mass is 169 g/mol. The Kier molecular flexibility index (Phi) is 4.54. The standard InChI is InChI=1S/C11H23N/c1-6-11(5,7-9(2)3)10(4)8-12/h10H,2,6-8,12H2,1,3-5H3. The van der Waals surface area contributed by atoms with Crippen molar-refractivity contribution in [2.24, 2.45) is 17.1 Å². The number of rotatable bonds is 5. The molecule has 12 heavy (non-hydrogen) atoms. The highest BCUT2D eigenvalue weighted by molar-refractivity contribution is 4.96. The van der Waals surface area contributed by atoms with Gasteiger partial charge in [-0.05, 0) is 31.2 Å². The molecule has 0 saturated heterocycles. The van der Waals surface area contributed by atoms with E-state index >= 15 is 0 Å². The van der Waals surface area contributed by atoms with Crippen LogP contribution in [-0.4, -0.2) is 6.54 Å². The summed E-state index contributed by atoms with van der Waals surface area (Å²) in [5.74, 6) is 0.583. The number of hydrogen-bond acceptors (Lipinski definition) is 1. The first kappa shape index (κ1) is 11.7. The van der Waals surface area contributed by atoms with Gasteiger partial charge in [0.1, 0.15) is 0 Å².